The fourth-order valence-corrected chi connectivity index (χ4v) is 2.98. The lowest BCUT2D eigenvalue weighted by Gasteiger charge is -2.12. The highest BCUT2D eigenvalue weighted by Crippen LogP contribution is 2.19. The van der Waals surface area contributed by atoms with E-state index in [0.717, 1.165) is 10.4 Å². The molecule has 0 aliphatic rings. The molecule has 0 aliphatic carbocycles. The number of nitrogens with zero attached hydrogens (tertiary/aromatic N) is 1. The average molecular weight is 397 g/mol. The van der Waals surface area contributed by atoms with Gasteiger partial charge in [-0.25, -0.2) is 21.9 Å². The van der Waals surface area contributed by atoms with Gasteiger partial charge in [-0.1, -0.05) is 0 Å². The van der Waals surface area contributed by atoms with Gasteiger partial charge in [0.05, 0.1) is 17.6 Å². The van der Waals surface area contributed by atoms with Crippen LogP contribution in [-0.2, 0) is 14.8 Å². The van der Waals surface area contributed by atoms with Crippen LogP contribution in [0, 0.1) is 5.82 Å². The van der Waals surface area contributed by atoms with E-state index < -0.39 is 21.8 Å². The van der Waals surface area contributed by atoms with Gasteiger partial charge in [0.2, 0.25) is 10.0 Å². The molecule has 0 unspecified atom stereocenters. The fraction of sp³-hybridized carbons (Fsp3) is 0.278. The van der Waals surface area contributed by atoms with Crippen LogP contribution in [0.3, 0.4) is 0 Å². The Morgan fingerprint density at radius 3 is 2.22 bits per heavy atom. The fourth-order valence-electron chi connectivity index (χ4n) is 2.08. The number of halogens is 1. The van der Waals surface area contributed by atoms with E-state index in [1.54, 1.807) is 0 Å². The number of carbonyl (C=O) groups is 1. The summed E-state index contributed by atoms with van der Waals surface area (Å²) in [5.74, 6) is -0.837. The predicted octanol–water partition coefficient (Wildman–Crippen LogP) is 2.32. The maximum Gasteiger partial charge on any atom is 0.341 e. The number of sulfonamides is 1. The minimum absolute atomic E-state index is 0.0310. The van der Waals surface area contributed by atoms with E-state index in [1.807, 2.05) is 0 Å². The summed E-state index contributed by atoms with van der Waals surface area (Å²) in [4.78, 5) is 12.0. The largest absolute Gasteiger partial charge is 0.497 e. The summed E-state index contributed by atoms with van der Waals surface area (Å²) >= 11 is 0. The molecule has 0 saturated heterocycles. The Hall–Kier alpha value is -2.65. The Bertz CT molecular complexity index is 897. The van der Waals surface area contributed by atoms with Gasteiger partial charge in [0.15, 0.2) is 0 Å². The quantitative estimate of drug-likeness (QED) is 0.502. The molecular weight excluding hydrogens is 377 g/mol. The molecule has 2 aromatic carbocycles. The predicted molar refractivity (Wildman–Crippen MR) is 96.0 cm³/mol. The van der Waals surface area contributed by atoms with E-state index in [2.05, 4.69) is 0 Å². The standard InChI is InChI=1S/C18H20FNO6S/c1-20(2)27(22,23)15-7-4-13(5-8-15)25-10-11-26-18(21)16-9-6-14(24-3)12-17(16)19/h4-9,12H,10-11H2,1-3H3. The van der Waals surface area contributed by atoms with E-state index in [9.17, 15) is 17.6 Å². The molecule has 0 aromatic heterocycles. The lowest BCUT2D eigenvalue weighted by molar-refractivity contribution is 0.0445. The van der Waals surface area contributed by atoms with Crippen molar-refractivity contribution in [2.75, 3.05) is 34.4 Å². The number of ether oxygens (including phenoxy) is 3. The third-order valence-electron chi connectivity index (χ3n) is 3.58. The van der Waals surface area contributed by atoms with Gasteiger partial charge in [-0.15, -0.1) is 0 Å². The summed E-state index contributed by atoms with van der Waals surface area (Å²) in [5, 5.41) is 0. The second-order valence-electron chi connectivity index (χ2n) is 5.59. The molecule has 9 heteroatoms. The van der Waals surface area contributed by atoms with Gasteiger partial charge in [-0.05, 0) is 36.4 Å². The van der Waals surface area contributed by atoms with Crippen molar-refractivity contribution in [3.8, 4) is 11.5 Å². The van der Waals surface area contributed by atoms with Gasteiger partial charge in [0.1, 0.15) is 30.5 Å². The molecule has 0 atom stereocenters. The van der Waals surface area contributed by atoms with Gasteiger partial charge in [0, 0.05) is 20.2 Å². The summed E-state index contributed by atoms with van der Waals surface area (Å²) in [6.45, 7) is -0.0641. The molecule has 0 amide bonds. The Labute approximate surface area is 157 Å². The zero-order valence-electron chi connectivity index (χ0n) is 15.1. The number of benzene rings is 2. The molecule has 27 heavy (non-hydrogen) atoms. The highest BCUT2D eigenvalue weighted by molar-refractivity contribution is 7.89. The Morgan fingerprint density at radius 1 is 1.04 bits per heavy atom. The van der Waals surface area contributed by atoms with Crippen LogP contribution in [0.15, 0.2) is 47.4 Å². The normalized spacial score (nSPS) is 11.3. The molecule has 7 nitrogen and oxygen atoms in total. The molecule has 0 fully saturated rings. The Kier molecular flexibility index (Phi) is 6.75. The molecule has 0 heterocycles. The van der Waals surface area contributed by atoms with Crippen molar-refractivity contribution in [2.24, 2.45) is 0 Å². The molecule has 146 valence electrons. The Morgan fingerprint density at radius 2 is 1.67 bits per heavy atom. The smallest absolute Gasteiger partial charge is 0.341 e. The van der Waals surface area contributed by atoms with Crippen molar-refractivity contribution in [1.82, 2.24) is 4.31 Å². The minimum Gasteiger partial charge on any atom is -0.497 e. The zero-order valence-corrected chi connectivity index (χ0v) is 16.0. The molecule has 0 bridgehead atoms. The molecule has 0 aliphatic heterocycles. The van der Waals surface area contributed by atoms with Gasteiger partial charge >= 0.3 is 5.97 Å². The second-order valence-corrected chi connectivity index (χ2v) is 7.74. The number of methoxy groups -OCH3 is 1. The van der Waals surface area contributed by atoms with Crippen molar-refractivity contribution in [1.29, 1.82) is 0 Å². The summed E-state index contributed by atoms with van der Waals surface area (Å²) in [7, 11) is 0.778. The van der Waals surface area contributed by atoms with E-state index in [0.29, 0.717) is 11.5 Å². The molecule has 2 rings (SSSR count). The van der Waals surface area contributed by atoms with Crippen LogP contribution >= 0.6 is 0 Å². The summed E-state index contributed by atoms with van der Waals surface area (Å²) in [6, 6.07) is 9.67. The number of rotatable bonds is 8. The van der Waals surface area contributed by atoms with Crippen LogP contribution in [0.2, 0.25) is 0 Å². The van der Waals surface area contributed by atoms with Gasteiger partial charge in [-0.2, -0.15) is 0 Å². The molecule has 0 spiro atoms. The van der Waals surface area contributed by atoms with Crippen molar-refractivity contribution in [3.63, 3.8) is 0 Å². The highest BCUT2D eigenvalue weighted by Gasteiger charge is 2.17. The van der Waals surface area contributed by atoms with Crippen molar-refractivity contribution < 1.29 is 31.8 Å². The zero-order chi connectivity index (χ0) is 20.0. The molecule has 0 radical (unpaired) electrons. The lowest BCUT2D eigenvalue weighted by Crippen LogP contribution is -2.22. The highest BCUT2D eigenvalue weighted by atomic mass is 32.2. The maximum atomic E-state index is 13.8. The van der Waals surface area contributed by atoms with Crippen molar-refractivity contribution >= 4 is 16.0 Å². The summed E-state index contributed by atoms with van der Waals surface area (Å²) in [5.41, 5.74) is -0.200. The average Bonchev–Trinajstić information content (AvgIpc) is 2.65. The first-order valence-corrected chi connectivity index (χ1v) is 9.36. The van der Waals surface area contributed by atoms with Crippen LogP contribution in [-0.4, -0.2) is 53.1 Å². The van der Waals surface area contributed by atoms with E-state index in [1.165, 1.54) is 57.6 Å². The van der Waals surface area contributed by atoms with Crippen molar-refractivity contribution in [2.45, 2.75) is 4.90 Å². The first-order valence-electron chi connectivity index (χ1n) is 7.91. The van der Waals surface area contributed by atoms with Crippen LogP contribution in [0.25, 0.3) is 0 Å². The first kappa shape index (κ1) is 20.7. The van der Waals surface area contributed by atoms with Crippen LogP contribution in [0.1, 0.15) is 10.4 Å². The van der Waals surface area contributed by atoms with E-state index in [4.69, 9.17) is 14.2 Å². The van der Waals surface area contributed by atoms with Gasteiger partial charge in [0.25, 0.3) is 0 Å². The monoisotopic (exact) mass is 397 g/mol. The molecular formula is C18H20FNO6S. The summed E-state index contributed by atoms with van der Waals surface area (Å²) in [6.07, 6.45) is 0. The van der Waals surface area contributed by atoms with E-state index in [-0.39, 0.29) is 23.7 Å². The van der Waals surface area contributed by atoms with Crippen LogP contribution < -0.4 is 9.47 Å². The van der Waals surface area contributed by atoms with Crippen LogP contribution in [0.4, 0.5) is 4.39 Å². The van der Waals surface area contributed by atoms with Crippen LogP contribution in [0.5, 0.6) is 11.5 Å². The molecule has 2 aromatic rings. The third kappa shape index (κ3) is 5.18. The van der Waals surface area contributed by atoms with Gasteiger partial charge < -0.3 is 14.2 Å². The van der Waals surface area contributed by atoms with E-state index >= 15 is 0 Å². The first-order chi connectivity index (χ1) is 12.8. The number of hydrogen-bond donors (Lipinski definition) is 0. The minimum atomic E-state index is -3.51. The Balaban J connectivity index is 1.86. The number of hydrogen-bond acceptors (Lipinski definition) is 6. The van der Waals surface area contributed by atoms with Crippen molar-refractivity contribution in [3.05, 3.63) is 53.8 Å². The second kappa shape index (κ2) is 8.83. The number of esters is 1. The van der Waals surface area contributed by atoms with Gasteiger partial charge in [-0.3, -0.25) is 0 Å². The SMILES string of the molecule is COc1ccc(C(=O)OCCOc2ccc(S(=O)(=O)N(C)C)cc2)c(F)c1. The molecule has 0 N–H and O–H groups in total. The lowest BCUT2D eigenvalue weighted by atomic mass is 10.2. The third-order valence-corrected chi connectivity index (χ3v) is 5.41. The number of carbonyl (C=O) groups excluding carboxylic acids is 1. The topological polar surface area (TPSA) is 82.1 Å². The molecule has 0 saturated carbocycles. The summed E-state index contributed by atoms with van der Waals surface area (Å²) < 4.78 is 54.1. The maximum absolute atomic E-state index is 13.8.